The van der Waals surface area contributed by atoms with Crippen LogP contribution in [-0.4, -0.2) is 34.3 Å². The summed E-state index contributed by atoms with van der Waals surface area (Å²) in [5, 5.41) is 3.08. The molecule has 29 heavy (non-hydrogen) atoms. The number of fused-ring (bicyclic) bond motifs is 1. The molecule has 1 aromatic carbocycles. The van der Waals surface area contributed by atoms with E-state index < -0.39 is 0 Å². The summed E-state index contributed by atoms with van der Waals surface area (Å²) in [6.07, 6.45) is 3.56. The van der Waals surface area contributed by atoms with Crippen molar-refractivity contribution in [1.82, 2.24) is 14.7 Å². The van der Waals surface area contributed by atoms with Crippen LogP contribution >= 0.6 is 11.6 Å². The minimum Gasteiger partial charge on any atom is -0.371 e. The van der Waals surface area contributed by atoms with E-state index in [0.717, 1.165) is 30.6 Å². The third kappa shape index (κ3) is 4.05. The van der Waals surface area contributed by atoms with E-state index in [2.05, 4.69) is 15.2 Å². The minimum atomic E-state index is -0.280. The van der Waals surface area contributed by atoms with Crippen LogP contribution in [0.1, 0.15) is 28.9 Å². The molecule has 1 saturated heterocycles. The van der Waals surface area contributed by atoms with Crippen molar-refractivity contribution in [1.29, 1.82) is 0 Å². The first-order valence-electron chi connectivity index (χ1n) is 9.57. The van der Waals surface area contributed by atoms with Gasteiger partial charge in [-0.3, -0.25) is 14.0 Å². The largest absolute Gasteiger partial charge is 0.371 e. The van der Waals surface area contributed by atoms with E-state index in [0.29, 0.717) is 24.4 Å². The second-order valence-corrected chi connectivity index (χ2v) is 7.57. The van der Waals surface area contributed by atoms with Crippen LogP contribution in [0.3, 0.4) is 0 Å². The third-order valence-electron chi connectivity index (χ3n) is 5.28. The summed E-state index contributed by atoms with van der Waals surface area (Å²) in [4.78, 5) is 30.5. The van der Waals surface area contributed by atoms with E-state index in [-0.39, 0.29) is 22.9 Å². The van der Waals surface area contributed by atoms with Gasteiger partial charge in [-0.1, -0.05) is 29.8 Å². The second kappa shape index (κ2) is 8.13. The maximum Gasteiger partial charge on any atom is 0.271 e. The predicted molar refractivity (Wildman–Crippen MR) is 112 cm³/mol. The van der Waals surface area contributed by atoms with Gasteiger partial charge in [0.1, 0.15) is 5.65 Å². The Kier molecular flexibility index (Phi) is 5.40. The highest BCUT2D eigenvalue weighted by Crippen LogP contribution is 2.23. The van der Waals surface area contributed by atoms with Gasteiger partial charge in [-0.25, -0.2) is 4.98 Å². The fourth-order valence-corrected chi connectivity index (χ4v) is 3.97. The van der Waals surface area contributed by atoms with E-state index in [1.807, 2.05) is 36.4 Å². The number of benzene rings is 1. The number of amides is 2. The average Bonchev–Trinajstić information content (AvgIpc) is 3.08. The molecule has 7 nitrogen and oxygen atoms in total. The van der Waals surface area contributed by atoms with Crippen molar-refractivity contribution in [2.45, 2.75) is 19.4 Å². The van der Waals surface area contributed by atoms with Gasteiger partial charge in [0, 0.05) is 31.5 Å². The number of halogens is 1. The Morgan fingerprint density at radius 1 is 1.21 bits per heavy atom. The maximum absolute atomic E-state index is 12.6. The Morgan fingerprint density at radius 2 is 2.00 bits per heavy atom. The number of pyridine rings is 1. The number of imidazole rings is 1. The highest BCUT2D eigenvalue weighted by Gasteiger charge is 2.24. The molecule has 4 rings (SSSR count). The van der Waals surface area contributed by atoms with Gasteiger partial charge < -0.3 is 16.0 Å². The van der Waals surface area contributed by atoms with Crippen LogP contribution in [0.4, 0.5) is 5.69 Å². The van der Waals surface area contributed by atoms with E-state index in [9.17, 15) is 9.59 Å². The molecule has 2 aromatic heterocycles. The minimum absolute atomic E-state index is 0.0991. The molecule has 150 valence electrons. The lowest BCUT2D eigenvalue weighted by molar-refractivity contribution is -0.122. The van der Waals surface area contributed by atoms with Gasteiger partial charge in [-0.05, 0) is 42.7 Å². The zero-order chi connectivity index (χ0) is 20.4. The maximum atomic E-state index is 12.6. The molecule has 0 radical (unpaired) electrons. The molecule has 3 aromatic rings. The van der Waals surface area contributed by atoms with E-state index in [1.165, 1.54) is 0 Å². The lowest BCUT2D eigenvalue weighted by Gasteiger charge is -2.33. The number of carbonyl (C=O) groups excluding carboxylic acids is 2. The van der Waals surface area contributed by atoms with Crippen LogP contribution in [0.2, 0.25) is 5.15 Å². The molecular formula is C21H22ClN5O2. The number of carbonyl (C=O) groups is 2. The number of aromatic nitrogens is 2. The van der Waals surface area contributed by atoms with Crippen molar-refractivity contribution in [2.75, 3.05) is 18.0 Å². The van der Waals surface area contributed by atoms with Gasteiger partial charge >= 0.3 is 0 Å². The van der Waals surface area contributed by atoms with E-state index in [1.54, 1.807) is 16.7 Å². The molecule has 0 aliphatic carbocycles. The predicted octanol–water partition coefficient (Wildman–Crippen LogP) is 2.62. The van der Waals surface area contributed by atoms with Crippen molar-refractivity contribution in [2.24, 2.45) is 11.7 Å². The number of nitrogens with zero attached hydrogens (tertiary/aromatic N) is 3. The fourth-order valence-electron chi connectivity index (χ4n) is 3.70. The number of anilines is 1. The number of rotatable bonds is 5. The van der Waals surface area contributed by atoms with E-state index in [4.69, 9.17) is 17.3 Å². The molecule has 2 amide bonds. The highest BCUT2D eigenvalue weighted by atomic mass is 35.5. The monoisotopic (exact) mass is 411 g/mol. The number of nitrogens with one attached hydrogen (secondary N) is 1. The Hall–Kier alpha value is -3.06. The smallest absolute Gasteiger partial charge is 0.271 e. The van der Waals surface area contributed by atoms with Gasteiger partial charge in [0.05, 0.1) is 5.92 Å². The van der Waals surface area contributed by atoms with Crippen LogP contribution in [-0.2, 0) is 11.3 Å². The molecule has 1 fully saturated rings. The van der Waals surface area contributed by atoms with Gasteiger partial charge in [0.25, 0.3) is 5.91 Å². The molecule has 0 bridgehead atoms. The number of hydrogen-bond acceptors (Lipinski definition) is 4. The summed E-state index contributed by atoms with van der Waals surface area (Å²) in [5.74, 6) is -0.615. The first kappa shape index (κ1) is 19.3. The topological polar surface area (TPSA) is 92.7 Å². The molecule has 1 aliphatic rings. The van der Waals surface area contributed by atoms with Crippen molar-refractivity contribution < 1.29 is 9.59 Å². The molecule has 3 heterocycles. The molecule has 1 aliphatic heterocycles. The summed E-state index contributed by atoms with van der Waals surface area (Å²) in [5.41, 5.74) is 8.43. The Morgan fingerprint density at radius 3 is 2.76 bits per heavy atom. The zero-order valence-corrected chi connectivity index (χ0v) is 16.6. The van der Waals surface area contributed by atoms with Gasteiger partial charge in [-0.15, -0.1) is 0 Å². The van der Waals surface area contributed by atoms with E-state index >= 15 is 0 Å². The summed E-state index contributed by atoms with van der Waals surface area (Å²) in [7, 11) is 0. The van der Waals surface area contributed by atoms with Crippen LogP contribution in [0.25, 0.3) is 5.65 Å². The number of piperidine rings is 1. The highest BCUT2D eigenvalue weighted by molar-refractivity contribution is 6.32. The molecule has 0 saturated carbocycles. The van der Waals surface area contributed by atoms with Crippen molar-refractivity contribution in [3.63, 3.8) is 0 Å². The standard InChI is InChI=1S/C21H22ClN5O2/c22-19-18(27-11-2-1-5-17(27)25-19)21(29)24-12-14-6-8-16(9-7-14)26-10-3-4-15(13-26)20(23)28/h1-2,5-9,11,15H,3-4,10,12-13H2,(H2,23,28)(H,24,29). The van der Waals surface area contributed by atoms with Crippen molar-refractivity contribution >= 4 is 34.7 Å². The second-order valence-electron chi connectivity index (χ2n) is 7.22. The first-order chi connectivity index (χ1) is 14.0. The van der Waals surface area contributed by atoms with Gasteiger partial charge in [0.15, 0.2) is 10.8 Å². The Balaban J connectivity index is 1.41. The fraction of sp³-hybridized carbons (Fsp3) is 0.286. The van der Waals surface area contributed by atoms with Crippen LogP contribution in [0, 0.1) is 5.92 Å². The third-order valence-corrected chi connectivity index (χ3v) is 5.54. The molecule has 1 atom stereocenters. The molecular weight excluding hydrogens is 390 g/mol. The summed E-state index contributed by atoms with van der Waals surface area (Å²) in [6, 6.07) is 13.4. The Labute approximate surface area is 173 Å². The lowest BCUT2D eigenvalue weighted by atomic mass is 9.97. The summed E-state index contributed by atoms with van der Waals surface area (Å²) < 4.78 is 1.67. The summed E-state index contributed by atoms with van der Waals surface area (Å²) >= 11 is 6.15. The zero-order valence-electron chi connectivity index (χ0n) is 15.8. The van der Waals surface area contributed by atoms with Crippen LogP contribution in [0.15, 0.2) is 48.7 Å². The normalized spacial score (nSPS) is 16.7. The Bertz CT molecular complexity index is 1050. The molecule has 8 heteroatoms. The van der Waals surface area contributed by atoms with Gasteiger partial charge in [-0.2, -0.15) is 0 Å². The van der Waals surface area contributed by atoms with Crippen LogP contribution in [0.5, 0.6) is 0 Å². The first-order valence-corrected chi connectivity index (χ1v) is 9.94. The van der Waals surface area contributed by atoms with Gasteiger partial charge in [0.2, 0.25) is 5.91 Å². The molecule has 0 spiro atoms. The van der Waals surface area contributed by atoms with Crippen molar-refractivity contribution in [3.8, 4) is 0 Å². The number of nitrogens with two attached hydrogens (primary N) is 1. The lowest BCUT2D eigenvalue weighted by Crippen LogP contribution is -2.41. The van der Waals surface area contributed by atoms with Crippen LogP contribution < -0.4 is 16.0 Å². The summed E-state index contributed by atoms with van der Waals surface area (Å²) in [6.45, 7) is 1.93. The number of primary amides is 1. The SMILES string of the molecule is NC(=O)C1CCCN(c2ccc(CNC(=O)c3c(Cl)nc4ccccn34)cc2)C1. The molecule has 3 N–H and O–H groups in total. The molecule has 1 unspecified atom stereocenters. The van der Waals surface area contributed by atoms with Crippen molar-refractivity contribution in [3.05, 3.63) is 65.1 Å². The quantitative estimate of drug-likeness (QED) is 0.675. The number of hydrogen-bond donors (Lipinski definition) is 2. The average molecular weight is 412 g/mol.